The first-order valence-electron chi connectivity index (χ1n) is 8.45. The molecule has 5 nitrogen and oxygen atoms in total. The van der Waals surface area contributed by atoms with E-state index in [9.17, 15) is 4.79 Å². The fourth-order valence-electron chi connectivity index (χ4n) is 2.81. The average molecular weight is 501 g/mol. The van der Waals surface area contributed by atoms with Crippen LogP contribution in [0.15, 0.2) is 60.7 Å². The first kappa shape index (κ1) is 18.7. The molecule has 2 aromatic carbocycles. The number of thiophene rings is 1. The van der Waals surface area contributed by atoms with Gasteiger partial charge in [0.05, 0.1) is 18.5 Å². The van der Waals surface area contributed by atoms with E-state index in [0.717, 1.165) is 36.5 Å². The van der Waals surface area contributed by atoms with Crippen molar-refractivity contribution in [3.05, 3.63) is 69.1 Å². The highest BCUT2D eigenvalue weighted by molar-refractivity contribution is 14.1. The topological polar surface area (TPSA) is 77.2 Å². The molecular formula is C21H16IN3O2S. The van der Waals surface area contributed by atoms with Gasteiger partial charge in [0.15, 0.2) is 0 Å². The number of halogens is 1. The van der Waals surface area contributed by atoms with Gasteiger partial charge in [-0.3, -0.25) is 4.79 Å². The minimum atomic E-state index is -0.229. The lowest BCUT2D eigenvalue weighted by Gasteiger charge is -2.04. The molecular weight excluding hydrogens is 485 g/mol. The summed E-state index contributed by atoms with van der Waals surface area (Å²) in [5.74, 6) is 0.562. The largest absolute Gasteiger partial charge is 0.497 e. The van der Waals surface area contributed by atoms with Crippen molar-refractivity contribution in [1.82, 2.24) is 4.98 Å². The van der Waals surface area contributed by atoms with Gasteiger partial charge in [-0.2, -0.15) is 0 Å². The number of fused-ring (bicyclic) bond motifs is 1. The van der Waals surface area contributed by atoms with Crippen LogP contribution in [0.1, 0.15) is 9.67 Å². The smallest absolute Gasteiger partial charge is 0.267 e. The number of nitrogen functional groups attached to an aromatic ring is 1. The maximum Gasteiger partial charge on any atom is 0.267 e. The molecule has 2 heterocycles. The van der Waals surface area contributed by atoms with E-state index in [1.54, 1.807) is 7.11 Å². The van der Waals surface area contributed by atoms with Crippen molar-refractivity contribution < 1.29 is 9.53 Å². The normalized spacial score (nSPS) is 10.8. The molecule has 1 amide bonds. The Labute approximate surface area is 179 Å². The summed E-state index contributed by atoms with van der Waals surface area (Å²) in [7, 11) is 1.64. The van der Waals surface area contributed by atoms with Crippen molar-refractivity contribution in [2.45, 2.75) is 0 Å². The molecule has 2 aromatic heterocycles. The molecule has 0 atom stereocenters. The fraction of sp³-hybridized carbons (Fsp3) is 0.0476. The van der Waals surface area contributed by atoms with Crippen molar-refractivity contribution in [2.75, 3.05) is 18.2 Å². The van der Waals surface area contributed by atoms with Crippen LogP contribution in [-0.4, -0.2) is 18.0 Å². The molecule has 140 valence electrons. The first-order chi connectivity index (χ1) is 13.5. The zero-order valence-corrected chi connectivity index (χ0v) is 17.9. The molecule has 0 aliphatic rings. The number of hydrogen-bond donors (Lipinski definition) is 2. The summed E-state index contributed by atoms with van der Waals surface area (Å²) in [5, 5.41) is 3.68. The summed E-state index contributed by atoms with van der Waals surface area (Å²) in [5.41, 5.74) is 9.21. The van der Waals surface area contributed by atoms with Gasteiger partial charge in [-0.1, -0.05) is 0 Å². The number of pyridine rings is 1. The third kappa shape index (κ3) is 3.67. The number of aromatic nitrogens is 1. The van der Waals surface area contributed by atoms with E-state index in [4.69, 9.17) is 15.5 Å². The molecule has 0 spiro atoms. The second-order valence-corrected chi connectivity index (χ2v) is 8.33. The molecule has 3 N–H and O–H groups in total. The second-order valence-electron chi connectivity index (χ2n) is 6.08. The number of hydrogen-bond acceptors (Lipinski definition) is 5. The molecule has 0 aliphatic carbocycles. The van der Waals surface area contributed by atoms with Crippen LogP contribution in [0.5, 0.6) is 5.75 Å². The number of carbonyl (C=O) groups excluding carboxylic acids is 1. The number of rotatable bonds is 4. The number of nitrogens with two attached hydrogens (primary N) is 1. The predicted molar refractivity (Wildman–Crippen MR) is 123 cm³/mol. The monoisotopic (exact) mass is 501 g/mol. The maximum absolute atomic E-state index is 12.7. The van der Waals surface area contributed by atoms with Crippen LogP contribution in [0, 0.1) is 3.57 Å². The molecule has 0 fully saturated rings. The van der Waals surface area contributed by atoms with Crippen LogP contribution >= 0.6 is 33.9 Å². The van der Waals surface area contributed by atoms with Crippen LogP contribution in [-0.2, 0) is 0 Å². The Kier molecular flexibility index (Phi) is 5.19. The quantitative estimate of drug-likeness (QED) is 0.367. The minimum Gasteiger partial charge on any atom is -0.497 e. The Hall–Kier alpha value is -2.65. The van der Waals surface area contributed by atoms with Gasteiger partial charge >= 0.3 is 0 Å². The zero-order valence-electron chi connectivity index (χ0n) is 14.9. The third-order valence-electron chi connectivity index (χ3n) is 4.29. The van der Waals surface area contributed by atoms with Gasteiger partial charge in [0.2, 0.25) is 0 Å². The summed E-state index contributed by atoms with van der Waals surface area (Å²) in [6, 6.07) is 19.1. The van der Waals surface area contributed by atoms with Gasteiger partial charge in [0, 0.05) is 20.2 Å². The van der Waals surface area contributed by atoms with Gasteiger partial charge in [0.25, 0.3) is 5.91 Å². The van der Waals surface area contributed by atoms with Gasteiger partial charge in [0.1, 0.15) is 15.5 Å². The SMILES string of the molecule is COc1ccc(-c2ccc3c(N)c(C(=O)Nc4ccc(I)cc4)sc3n2)cc1. The number of methoxy groups -OCH3 is 1. The zero-order chi connectivity index (χ0) is 19.7. The van der Waals surface area contributed by atoms with Crippen molar-refractivity contribution in [2.24, 2.45) is 0 Å². The standard InChI is InChI=1S/C21H16IN3O2S/c1-27-15-8-2-12(3-9-15)17-11-10-16-18(23)19(28-21(16)25-17)20(26)24-14-6-4-13(22)5-7-14/h2-11H,23H2,1H3,(H,24,26). The Balaban J connectivity index is 1.65. The molecule has 0 unspecified atom stereocenters. The number of anilines is 2. The van der Waals surface area contributed by atoms with Gasteiger partial charge in [-0.25, -0.2) is 4.98 Å². The van der Waals surface area contributed by atoms with Crippen LogP contribution in [0.3, 0.4) is 0 Å². The number of ether oxygens (including phenoxy) is 1. The van der Waals surface area contributed by atoms with Crippen molar-refractivity contribution in [3.8, 4) is 17.0 Å². The van der Waals surface area contributed by atoms with Crippen LogP contribution < -0.4 is 15.8 Å². The minimum absolute atomic E-state index is 0.229. The fourth-order valence-corrected chi connectivity index (χ4v) is 4.16. The van der Waals surface area contributed by atoms with Gasteiger partial charge in [-0.15, -0.1) is 11.3 Å². The van der Waals surface area contributed by atoms with E-state index in [0.29, 0.717) is 10.6 Å². The summed E-state index contributed by atoms with van der Waals surface area (Å²) in [6.07, 6.45) is 0. The molecule has 0 saturated carbocycles. The molecule has 0 radical (unpaired) electrons. The van der Waals surface area contributed by atoms with E-state index in [2.05, 4.69) is 27.9 Å². The molecule has 0 saturated heterocycles. The molecule has 0 bridgehead atoms. The molecule has 28 heavy (non-hydrogen) atoms. The number of benzene rings is 2. The van der Waals surface area contributed by atoms with Crippen molar-refractivity contribution in [3.63, 3.8) is 0 Å². The Morgan fingerprint density at radius 2 is 1.79 bits per heavy atom. The van der Waals surface area contributed by atoms with E-state index < -0.39 is 0 Å². The Morgan fingerprint density at radius 3 is 2.46 bits per heavy atom. The van der Waals surface area contributed by atoms with E-state index in [-0.39, 0.29) is 5.91 Å². The number of amides is 1. The number of carbonyl (C=O) groups is 1. The lowest BCUT2D eigenvalue weighted by molar-refractivity contribution is 0.103. The van der Waals surface area contributed by atoms with E-state index in [1.165, 1.54) is 11.3 Å². The first-order valence-corrected chi connectivity index (χ1v) is 10.3. The van der Waals surface area contributed by atoms with E-state index in [1.807, 2.05) is 60.7 Å². The molecule has 4 aromatic rings. The molecule has 7 heteroatoms. The van der Waals surface area contributed by atoms with Gasteiger partial charge < -0.3 is 15.8 Å². The van der Waals surface area contributed by atoms with Gasteiger partial charge in [-0.05, 0) is 83.3 Å². The highest BCUT2D eigenvalue weighted by atomic mass is 127. The van der Waals surface area contributed by atoms with E-state index >= 15 is 0 Å². The summed E-state index contributed by atoms with van der Waals surface area (Å²) < 4.78 is 6.30. The van der Waals surface area contributed by atoms with Crippen LogP contribution in [0.4, 0.5) is 11.4 Å². The van der Waals surface area contributed by atoms with Crippen LogP contribution in [0.2, 0.25) is 0 Å². The molecule has 4 rings (SSSR count). The van der Waals surface area contributed by atoms with Crippen molar-refractivity contribution in [1.29, 1.82) is 0 Å². The summed E-state index contributed by atoms with van der Waals surface area (Å²) in [4.78, 5) is 18.6. The van der Waals surface area contributed by atoms with Crippen molar-refractivity contribution >= 4 is 61.4 Å². The Bertz CT molecular complexity index is 1150. The average Bonchev–Trinajstić information content (AvgIpc) is 3.06. The number of nitrogens with one attached hydrogen (secondary N) is 1. The lowest BCUT2D eigenvalue weighted by atomic mass is 10.1. The predicted octanol–water partition coefficient (Wildman–Crippen LogP) is 5.41. The second kappa shape index (κ2) is 7.76. The van der Waals surface area contributed by atoms with Crippen LogP contribution in [0.25, 0.3) is 21.5 Å². The highest BCUT2D eigenvalue weighted by Gasteiger charge is 2.18. The summed E-state index contributed by atoms with van der Waals surface area (Å²) >= 11 is 3.52. The summed E-state index contributed by atoms with van der Waals surface area (Å²) in [6.45, 7) is 0. The molecule has 0 aliphatic heterocycles. The highest BCUT2D eigenvalue weighted by Crippen LogP contribution is 2.35. The maximum atomic E-state index is 12.7. The Morgan fingerprint density at radius 1 is 1.07 bits per heavy atom. The number of nitrogens with zero attached hydrogens (tertiary/aromatic N) is 1. The lowest BCUT2D eigenvalue weighted by Crippen LogP contribution is -2.11. The third-order valence-corrected chi connectivity index (χ3v) is 6.12.